The molecule has 0 aliphatic carbocycles. The average Bonchev–Trinajstić information content (AvgIpc) is 3.26. The zero-order chi connectivity index (χ0) is 19.3. The summed E-state index contributed by atoms with van der Waals surface area (Å²) in [5.74, 6) is -0.518. The maximum absolute atomic E-state index is 14.0. The van der Waals surface area contributed by atoms with Crippen molar-refractivity contribution < 1.29 is 23.1 Å². The van der Waals surface area contributed by atoms with E-state index < -0.39 is 5.82 Å². The van der Waals surface area contributed by atoms with E-state index in [4.69, 9.17) is 9.15 Å². The highest BCUT2D eigenvalue weighted by molar-refractivity contribution is 5.96. The first kappa shape index (κ1) is 17.4. The smallest absolute Gasteiger partial charge is 0.290 e. The van der Waals surface area contributed by atoms with Gasteiger partial charge in [-0.25, -0.2) is 4.39 Å². The van der Waals surface area contributed by atoms with Gasteiger partial charge in [-0.15, -0.1) is 0 Å². The SMILES string of the molecule is O=C(c1ccccc1F)N1C[C@H]2CC[C@@H](C1)N2C(=O)c1occ2c1CCOC2. The number of likely N-dealkylation sites (tertiary alicyclic amines) is 1. The van der Waals surface area contributed by atoms with Crippen LogP contribution in [0.4, 0.5) is 4.39 Å². The summed E-state index contributed by atoms with van der Waals surface area (Å²) in [6.07, 6.45) is 3.96. The maximum Gasteiger partial charge on any atom is 0.290 e. The molecule has 2 amide bonds. The predicted molar refractivity (Wildman–Crippen MR) is 97.4 cm³/mol. The Morgan fingerprint density at radius 2 is 1.82 bits per heavy atom. The number of hydrogen-bond donors (Lipinski definition) is 0. The summed E-state index contributed by atoms with van der Waals surface area (Å²) in [6.45, 7) is 1.90. The maximum atomic E-state index is 14.0. The predicted octanol–water partition coefficient (Wildman–Crippen LogP) is 2.62. The fourth-order valence-corrected chi connectivity index (χ4v) is 4.67. The van der Waals surface area contributed by atoms with Crippen LogP contribution < -0.4 is 0 Å². The van der Waals surface area contributed by atoms with E-state index in [1.807, 2.05) is 4.90 Å². The van der Waals surface area contributed by atoms with Gasteiger partial charge >= 0.3 is 0 Å². The Morgan fingerprint density at radius 3 is 2.57 bits per heavy atom. The molecule has 5 rings (SSSR count). The second-order valence-corrected chi connectivity index (χ2v) is 7.66. The lowest BCUT2D eigenvalue weighted by atomic mass is 10.0. The number of carbonyl (C=O) groups excluding carboxylic acids is 2. The Bertz CT molecular complexity index is 926. The molecule has 146 valence electrons. The van der Waals surface area contributed by atoms with Crippen molar-refractivity contribution in [1.29, 1.82) is 0 Å². The Labute approximate surface area is 161 Å². The molecule has 1 aromatic carbocycles. The number of furan rings is 1. The number of hydrogen-bond acceptors (Lipinski definition) is 4. The Hall–Kier alpha value is -2.67. The van der Waals surface area contributed by atoms with Crippen molar-refractivity contribution in [2.45, 2.75) is 38.0 Å². The number of carbonyl (C=O) groups is 2. The van der Waals surface area contributed by atoms with Crippen LogP contribution in [0, 0.1) is 5.82 Å². The molecule has 0 spiro atoms. The lowest BCUT2D eigenvalue weighted by Crippen LogP contribution is -2.57. The summed E-state index contributed by atoms with van der Waals surface area (Å²) in [6, 6.07) is 5.90. The zero-order valence-electron chi connectivity index (χ0n) is 15.4. The van der Waals surface area contributed by atoms with E-state index >= 15 is 0 Å². The monoisotopic (exact) mass is 384 g/mol. The van der Waals surface area contributed by atoms with E-state index in [0.717, 1.165) is 24.0 Å². The Kier molecular flexibility index (Phi) is 4.19. The number of fused-ring (bicyclic) bond motifs is 3. The third-order valence-corrected chi connectivity index (χ3v) is 6.04. The highest BCUT2D eigenvalue weighted by Crippen LogP contribution is 2.34. The van der Waals surface area contributed by atoms with Crippen LogP contribution in [0.25, 0.3) is 0 Å². The molecule has 3 aliphatic heterocycles. The lowest BCUT2D eigenvalue weighted by molar-refractivity contribution is 0.0336. The van der Waals surface area contributed by atoms with Crippen LogP contribution in [-0.2, 0) is 17.8 Å². The first-order valence-corrected chi connectivity index (χ1v) is 9.67. The first-order valence-electron chi connectivity index (χ1n) is 9.67. The number of nitrogens with zero attached hydrogens (tertiary/aromatic N) is 2. The molecule has 0 radical (unpaired) electrons. The molecular weight excluding hydrogens is 363 g/mol. The molecular formula is C21H21FN2O4. The first-order chi connectivity index (χ1) is 13.6. The van der Waals surface area contributed by atoms with Crippen molar-refractivity contribution in [1.82, 2.24) is 9.80 Å². The molecule has 7 heteroatoms. The van der Waals surface area contributed by atoms with Crippen molar-refractivity contribution in [3.8, 4) is 0 Å². The van der Waals surface area contributed by atoms with E-state index in [1.54, 1.807) is 23.3 Å². The largest absolute Gasteiger partial charge is 0.458 e. The van der Waals surface area contributed by atoms with E-state index in [1.165, 1.54) is 12.1 Å². The highest BCUT2D eigenvalue weighted by atomic mass is 19.1. The Balaban J connectivity index is 1.36. The summed E-state index contributed by atoms with van der Waals surface area (Å²) in [7, 11) is 0. The van der Waals surface area contributed by atoms with Crippen LogP contribution >= 0.6 is 0 Å². The molecule has 2 atom stereocenters. The molecule has 1 aromatic heterocycles. The number of amides is 2. The van der Waals surface area contributed by atoms with Gasteiger partial charge in [0.2, 0.25) is 0 Å². The standard InChI is InChI=1S/C21H21FN2O4/c22-18-4-2-1-3-17(18)20(25)23-9-14-5-6-15(10-23)24(14)21(26)19-16-7-8-27-11-13(16)12-28-19/h1-4,12,14-15H,5-11H2/t14-,15+. The number of piperazine rings is 1. The van der Waals surface area contributed by atoms with E-state index in [2.05, 4.69) is 0 Å². The third kappa shape index (κ3) is 2.73. The Morgan fingerprint density at radius 1 is 1.07 bits per heavy atom. The van der Waals surface area contributed by atoms with Gasteiger partial charge in [0.25, 0.3) is 11.8 Å². The number of halogens is 1. The second kappa shape index (κ2) is 6.74. The van der Waals surface area contributed by atoms with Crippen molar-refractivity contribution in [2.24, 2.45) is 0 Å². The van der Waals surface area contributed by atoms with Gasteiger partial charge in [-0.1, -0.05) is 12.1 Å². The second-order valence-electron chi connectivity index (χ2n) is 7.66. The average molecular weight is 384 g/mol. The van der Waals surface area contributed by atoms with Gasteiger partial charge in [0, 0.05) is 30.6 Å². The van der Waals surface area contributed by atoms with Crippen molar-refractivity contribution >= 4 is 11.8 Å². The van der Waals surface area contributed by atoms with Gasteiger partial charge in [-0.3, -0.25) is 9.59 Å². The summed E-state index contributed by atoms with van der Waals surface area (Å²) < 4.78 is 25.1. The van der Waals surface area contributed by atoms with Gasteiger partial charge < -0.3 is 19.0 Å². The van der Waals surface area contributed by atoms with Gasteiger partial charge in [-0.2, -0.15) is 0 Å². The minimum absolute atomic E-state index is 0.0671. The van der Waals surface area contributed by atoms with Crippen LogP contribution in [0.15, 0.2) is 34.9 Å². The van der Waals surface area contributed by atoms with Crippen LogP contribution in [0.3, 0.4) is 0 Å². The topological polar surface area (TPSA) is 63.0 Å². The van der Waals surface area contributed by atoms with E-state index in [9.17, 15) is 14.0 Å². The van der Waals surface area contributed by atoms with E-state index in [0.29, 0.717) is 38.5 Å². The van der Waals surface area contributed by atoms with Gasteiger partial charge in [0.05, 0.1) is 37.1 Å². The molecule has 0 N–H and O–H groups in total. The third-order valence-electron chi connectivity index (χ3n) is 6.04. The minimum atomic E-state index is -0.511. The number of benzene rings is 1. The highest BCUT2D eigenvalue weighted by Gasteiger charge is 2.45. The van der Waals surface area contributed by atoms with Crippen LogP contribution in [-0.4, -0.2) is 53.4 Å². The van der Waals surface area contributed by atoms with Crippen LogP contribution in [0.2, 0.25) is 0 Å². The molecule has 0 unspecified atom stereocenters. The molecule has 6 nitrogen and oxygen atoms in total. The number of rotatable bonds is 2. The normalized spacial score (nSPS) is 23.6. The fraction of sp³-hybridized carbons (Fsp3) is 0.429. The molecule has 4 heterocycles. The van der Waals surface area contributed by atoms with E-state index in [-0.39, 0.29) is 29.5 Å². The summed E-state index contributed by atoms with van der Waals surface area (Å²) in [5.41, 5.74) is 1.97. The lowest BCUT2D eigenvalue weighted by Gasteiger charge is -2.40. The summed E-state index contributed by atoms with van der Waals surface area (Å²) in [4.78, 5) is 29.6. The number of ether oxygens (including phenoxy) is 1. The summed E-state index contributed by atoms with van der Waals surface area (Å²) in [5, 5.41) is 0. The molecule has 28 heavy (non-hydrogen) atoms. The molecule has 2 saturated heterocycles. The van der Waals surface area contributed by atoms with Crippen molar-refractivity contribution in [3.63, 3.8) is 0 Å². The van der Waals surface area contributed by atoms with Gasteiger partial charge in [0.15, 0.2) is 5.76 Å². The van der Waals surface area contributed by atoms with Crippen molar-refractivity contribution in [3.05, 3.63) is 58.8 Å². The molecule has 3 aliphatic rings. The minimum Gasteiger partial charge on any atom is -0.458 e. The van der Waals surface area contributed by atoms with Crippen LogP contribution in [0.1, 0.15) is 44.9 Å². The van der Waals surface area contributed by atoms with Gasteiger partial charge in [0.1, 0.15) is 5.82 Å². The van der Waals surface area contributed by atoms with Crippen LogP contribution in [0.5, 0.6) is 0 Å². The molecule has 2 aromatic rings. The quantitative estimate of drug-likeness (QED) is 0.799. The zero-order valence-corrected chi connectivity index (χ0v) is 15.4. The fourth-order valence-electron chi connectivity index (χ4n) is 4.67. The van der Waals surface area contributed by atoms with Crippen molar-refractivity contribution in [2.75, 3.05) is 19.7 Å². The molecule has 2 fully saturated rings. The molecule has 0 saturated carbocycles. The summed E-state index contributed by atoms with van der Waals surface area (Å²) >= 11 is 0. The van der Waals surface area contributed by atoms with Gasteiger partial charge in [-0.05, 0) is 25.0 Å². The molecule has 2 bridgehead atoms.